The third-order valence-electron chi connectivity index (χ3n) is 4.24. The summed E-state index contributed by atoms with van der Waals surface area (Å²) < 4.78 is 5.78. The summed E-state index contributed by atoms with van der Waals surface area (Å²) in [6.45, 7) is 0.380. The Kier molecular flexibility index (Phi) is 7.95. The van der Waals surface area contributed by atoms with Crippen LogP contribution in [0.15, 0.2) is 48.8 Å². The molecule has 2 aromatic rings. The fourth-order valence-corrected chi connectivity index (χ4v) is 2.87. The number of ether oxygens (including phenoxy) is 1. The van der Waals surface area contributed by atoms with E-state index >= 15 is 0 Å². The predicted molar refractivity (Wildman–Crippen MR) is 104 cm³/mol. The lowest BCUT2D eigenvalue weighted by Gasteiger charge is -2.18. The Balaban J connectivity index is 1.94. The second kappa shape index (κ2) is 10.4. The molecule has 0 fully saturated rings. The smallest absolute Gasteiger partial charge is 0.303 e. The lowest BCUT2D eigenvalue weighted by Crippen LogP contribution is -2.26. The molecule has 0 aliphatic carbocycles. The van der Waals surface area contributed by atoms with Crippen molar-refractivity contribution in [2.45, 2.75) is 31.8 Å². The van der Waals surface area contributed by atoms with Gasteiger partial charge in [-0.1, -0.05) is 30.3 Å². The number of hydrogen-bond donors (Lipinski definition) is 1. The number of pyridine rings is 1. The second-order valence-corrected chi connectivity index (χ2v) is 6.52. The number of carbonyl (C=O) groups is 2. The summed E-state index contributed by atoms with van der Waals surface area (Å²) in [7, 11) is 3.96. The zero-order valence-corrected chi connectivity index (χ0v) is 15.8. The number of carboxylic acids is 1. The number of nitrogens with zero attached hydrogens (tertiary/aromatic N) is 2. The molecule has 0 saturated carbocycles. The number of rotatable bonds is 11. The van der Waals surface area contributed by atoms with Gasteiger partial charge in [-0.15, -0.1) is 0 Å². The van der Waals surface area contributed by atoms with E-state index in [1.807, 2.05) is 37.3 Å². The summed E-state index contributed by atoms with van der Waals surface area (Å²) in [5, 5.41) is 8.94. The molecule has 144 valence electrons. The van der Waals surface area contributed by atoms with E-state index in [0.29, 0.717) is 12.2 Å². The summed E-state index contributed by atoms with van der Waals surface area (Å²) in [4.78, 5) is 29.7. The fraction of sp³-hybridized carbons (Fsp3) is 0.381. The molecule has 1 N–H and O–H groups in total. The van der Waals surface area contributed by atoms with Crippen molar-refractivity contribution in [1.29, 1.82) is 0 Å². The lowest BCUT2D eigenvalue weighted by molar-refractivity contribution is -0.137. The summed E-state index contributed by atoms with van der Waals surface area (Å²) >= 11 is 0. The van der Waals surface area contributed by atoms with Crippen LogP contribution in [0.1, 0.15) is 35.2 Å². The van der Waals surface area contributed by atoms with E-state index in [9.17, 15) is 9.59 Å². The number of carboxylic acid groups (broad SMARTS) is 1. The Bertz CT molecular complexity index is 747. The molecule has 1 unspecified atom stereocenters. The van der Waals surface area contributed by atoms with Crippen molar-refractivity contribution in [3.8, 4) is 0 Å². The highest BCUT2D eigenvalue weighted by molar-refractivity contribution is 5.99. The largest absolute Gasteiger partial charge is 0.481 e. The maximum Gasteiger partial charge on any atom is 0.303 e. The maximum absolute atomic E-state index is 12.6. The van der Waals surface area contributed by atoms with Crippen LogP contribution >= 0.6 is 0 Å². The normalized spacial score (nSPS) is 11.8. The van der Waals surface area contributed by atoms with Gasteiger partial charge in [-0.2, -0.15) is 0 Å². The van der Waals surface area contributed by atoms with E-state index in [1.54, 1.807) is 30.5 Å². The van der Waals surface area contributed by atoms with Crippen LogP contribution in [0.3, 0.4) is 0 Å². The summed E-state index contributed by atoms with van der Waals surface area (Å²) in [6.07, 6.45) is 4.41. The maximum atomic E-state index is 12.6. The van der Waals surface area contributed by atoms with Gasteiger partial charge in [0.1, 0.15) is 6.10 Å². The van der Waals surface area contributed by atoms with Gasteiger partial charge in [-0.3, -0.25) is 14.6 Å². The van der Waals surface area contributed by atoms with Crippen molar-refractivity contribution in [3.63, 3.8) is 0 Å². The molecule has 1 aromatic heterocycles. The molecule has 0 aliphatic rings. The molecular weight excluding hydrogens is 344 g/mol. The van der Waals surface area contributed by atoms with Gasteiger partial charge in [0.25, 0.3) is 0 Å². The molecule has 27 heavy (non-hydrogen) atoms. The number of carbonyl (C=O) groups excluding carboxylic acids is 1. The third-order valence-corrected chi connectivity index (χ3v) is 4.24. The van der Waals surface area contributed by atoms with Crippen molar-refractivity contribution in [1.82, 2.24) is 4.98 Å². The Hall–Kier alpha value is -2.73. The number of aliphatic carboxylic acids is 1. The first kappa shape index (κ1) is 20.6. The quantitative estimate of drug-likeness (QED) is 0.483. The fourth-order valence-electron chi connectivity index (χ4n) is 2.87. The zero-order valence-electron chi connectivity index (χ0n) is 15.8. The number of hydrogen-bond acceptors (Lipinski definition) is 5. The van der Waals surface area contributed by atoms with Crippen molar-refractivity contribution in [2.75, 3.05) is 25.6 Å². The molecule has 0 amide bonds. The molecular formula is C21H26N2O4. The van der Waals surface area contributed by atoms with Crippen molar-refractivity contribution in [2.24, 2.45) is 0 Å². The molecule has 0 aliphatic heterocycles. The topological polar surface area (TPSA) is 79.7 Å². The van der Waals surface area contributed by atoms with Crippen LogP contribution in [0.4, 0.5) is 5.69 Å². The van der Waals surface area contributed by atoms with Gasteiger partial charge >= 0.3 is 5.97 Å². The molecule has 0 bridgehead atoms. The van der Waals surface area contributed by atoms with Crippen LogP contribution in [-0.4, -0.2) is 48.6 Å². The lowest BCUT2D eigenvalue weighted by atomic mass is 10.0. The Labute approximate surface area is 159 Å². The SMILES string of the molecule is CN(C)c1ccncc1CCCOC(CCC(=O)O)C(=O)c1ccccc1. The van der Waals surface area contributed by atoms with Gasteiger partial charge < -0.3 is 14.7 Å². The Morgan fingerprint density at radius 2 is 1.93 bits per heavy atom. The van der Waals surface area contributed by atoms with E-state index < -0.39 is 12.1 Å². The van der Waals surface area contributed by atoms with Crippen LogP contribution < -0.4 is 4.90 Å². The monoisotopic (exact) mass is 370 g/mol. The van der Waals surface area contributed by atoms with Gasteiger partial charge in [0.2, 0.25) is 0 Å². The molecule has 1 heterocycles. The Morgan fingerprint density at radius 1 is 1.19 bits per heavy atom. The molecule has 0 saturated heterocycles. The van der Waals surface area contributed by atoms with E-state index in [0.717, 1.165) is 24.1 Å². The van der Waals surface area contributed by atoms with Gasteiger partial charge in [0.15, 0.2) is 5.78 Å². The molecule has 0 radical (unpaired) electrons. The van der Waals surface area contributed by atoms with E-state index in [4.69, 9.17) is 9.84 Å². The highest BCUT2D eigenvalue weighted by Crippen LogP contribution is 2.19. The summed E-state index contributed by atoms with van der Waals surface area (Å²) in [5.41, 5.74) is 2.76. The predicted octanol–water partition coefficient (Wildman–Crippen LogP) is 3.21. The van der Waals surface area contributed by atoms with Gasteiger partial charge in [-0.25, -0.2) is 0 Å². The molecule has 1 atom stereocenters. The summed E-state index contributed by atoms with van der Waals surface area (Å²) in [5.74, 6) is -1.11. The van der Waals surface area contributed by atoms with Crippen LogP contribution in [-0.2, 0) is 16.0 Å². The van der Waals surface area contributed by atoms with Crippen molar-refractivity contribution in [3.05, 3.63) is 59.9 Å². The number of aromatic nitrogens is 1. The van der Waals surface area contributed by atoms with Crippen LogP contribution in [0, 0.1) is 0 Å². The minimum atomic E-state index is -0.935. The van der Waals surface area contributed by atoms with Gasteiger partial charge in [0, 0.05) is 50.8 Å². The second-order valence-electron chi connectivity index (χ2n) is 6.52. The minimum absolute atomic E-state index is 0.101. The number of aryl methyl sites for hydroxylation is 1. The average Bonchev–Trinajstić information content (AvgIpc) is 2.67. The zero-order chi connectivity index (χ0) is 19.6. The van der Waals surface area contributed by atoms with E-state index in [1.165, 1.54) is 0 Å². The van der Waals surface area contributed by atoms with Gasteiger partial charge in [0.05, 0.1) is 0 Å². The number of ketones is 1. The van der Waals surface area contributed by atoms with Crippen molar-refractivity contribution >= 4 is 17.4 Å². The van der Waals surface area contributed by atoms with E-state index in [2.05, 4.69) is 4.98 Å². The highest BCUT2D eigenvalue weighted by Gasteiger charge is 2.21. The van der Waals surface area contributed by atoms with E-state index in [-0.39, 0.29) is 18.6 Å². The molecule has 0 spiro atoms. The summed E-state index contributed by atoms with van der Waals surface area (Å²) in [6, 6.07) is 10.8. The van der Waals surface area contributed by atoms with Crippen LogP contribution in [0.2, 0.25) is 0 Å². The molecule has 2 rings (SSSR count). The van der Waals surface area contributed by atoms with Crippen molar-refractivity contribution < 1.29 is 19.4 Å². The molecule has 1 aromatic carbocycles. The highest BCUT2D eigenvalue weighted by atomic mass is 16.5. The minimum Gasteiger partial charge on any atom is -0.481 e. The third kappa shape index (κ3) is 6.49. The number of anilines is 1. The standard InChI is InChI=1S/C21H26N2O4/c1-23(2)18-12-13-22-15-17(18)9-6-14-27-19(10-11-20(24)25)21(26)16-7-4-3-5-8-16/h3-5,7-8,12-13,15,19H,6,9-11,14H2,1-2H3,(H,24,25). The van der Waals surface area contributed by atoms with Crippen LogP contribution in [0.25, 0.3) is 0 Å². The first-order chi connectivity index (χ1) is 13.0. The first-order valence-corrected chi connectivity index (χ1v) is 9.02. The van der Waals surface area contributed by atoms with Crippen LogP contribution in [0.5, 0.6) is 0 Å². The average molecular weight is 370 g/mol. The first-order valence-electron chi connectivity index (χ1n) is 9.02. The Morgan fingerprint density at radius 3 is 2.59 bits per heavy atom. The van der Waals surface area contributed by atoms with Gasteiger partial charge in [-0.05, 0) is 30.9 Å². The molecule has 6 heteroatoms. The number of benzene rings is 1. The molecule has 6 nitrogen and oxygen atoms in total. The number of Topliss-reactive ketones (excluding diaryl/α,β-unsaturated/α-hetero) is 1.